The highest BCUT2D eigenvalue weighted by Crippen LogP contribution is 2.35. The molecule has 1 unspecified atom stereocenters. The van der Waals surface area contributed by atoms with Crippen molar-refractivity contribution in [1.29, 1.82) is 0 Å². The van der Waals surface area contributed by atoms with E-state index >= 15 is 0 Å². The number of hydrogen-bond donors (Lipinski definition) is 0. The summed E-state index contributed by atoms with van der Waals surface area (Å²) in [5, 5.41) is -0.439. The van der Waals surface area contributed by atoms with Crippen molar-refractivity contribution in [2.75, 3.05) is 18.8 Å². The van der Waals surface area contributed by atoms with Crippen molar-refractivity contribution >= 4 is 31.5 Å². The number of benzene rings is 3. The minimum atomic E-state index is -3.81. The number of rotatable bonds is 4. The van der Waals surface area contributed by atoms with Crippen LogP contribution >= 0.6 is 11.6 Å². The lowest BCUT2D eigenvalue weighted by Crippen LogP contribution is -2.33. The van der Waals surface area contributed by atoms with E-state index in [4.69, 9.17) is 11.6 Å². The minimum absolute atomic E-state index is 0.0773. The van der Waals surface area contributed by atoms with Gasteiger partial charge in [-0.1, -0.05) is 72.3 Å². The van der Waals surface area contributed by atoms with E-state index in [1.54, 1.807) is 48.5 Å². The van der Waals surface area contributed by atoms with E-state index in [9.17, 15) is 16.8 Å². The second kappa shape index (κ2) is 8.74. The SMILES string of the molecule is O=S1(=O)CCN(S(=O)(=O)c2ccc(-c3ccccc3)cc2)CCC1c1ccccc1Cl. The maximum absolute atomic E-state index is 13.2. The lowest BCUT2D eigenvalue weighted by molar-refractivity contribution is 0.428. The summed E-state index contributed by atoms with van der Waals surface area (Å²) >= 11 is 6.23. The van der Waals surface area contributed by atoms with Crippen molar-refractivity contribution in [2.45, 2.75) is 16.6 Å². The van der Waals surface area contributed by atoms with Crippen LogP contribution in [0.5, 0.6) is 0 Å². The Morgan fingerprint density at radius 3 is 2.10 bits per heavy atom. The van der Waals surface area contributed by atoms with Gasteiger partial charge in [0.05, 0.1) is 15.9 Å². The van der Waals surface area contributed by atoms with Gasteiger partial charge in [0.1, 0.15) is 0 Å². The Balaban J connectivity index is 1.59. The van der Waals surface area contributed by atoms with E-state index in [1.807, 2.05) is 30.3 Å². The summed E-state index contributed by atoms with van der Waals surface area (Å²) in [5.74, 6) is -0.246. The molecular formula is C23H22ClNO4S2. The second-order valence-electron chi connectivity index (χ2n) is 7.46. The maximum Gasteiger partial charge on any atom is 0.243 e. The molecule has 1 aliphatic heterocycles. The topological polar surface area (TPSA) is 71.5 Å². The highest BCUT2D eigenvalue weighted by molar-refractivity contribution is 7.92. The third-order valence-electron chi connectivity index (χ3n) is 5.55. The number of sulfonamides is 1. The van der Waals surface area contributed by atoms with Gasteiger partial charge in [0, 0.05) is 18.1 Å². The molecule has 3 aromatic carbocycles. The van der Waals surface area contributed by atoms with E-state index in [-0.39, 0.29) is 30.2 Å². The molecule has 31 heavy (non-hydrogen) atoms. The molecule has 0 spiro atoms. The standard InChI is InChI=1S/C23H22ClNO4S2/c24-22-9-5-4-8-21(22)23-14-15-25(16-17-30(23,26)27)31(28,29)20-12-10-19(11-13-20)18-6-2-1-3-7-18/h1-13,23H,14-17H2. The van der Waals surface area contributed by atoms with Gasteiger partial charge in [0.25, 0.3) is 0 Å². The zero-order valence-electron chi connectivity index (χ0n) is 16.7. The summed E-state index contributed by atoms with van der Waals surface area (Å²) < 4.78 is 53.5. The number of sulfone groups is 1. The summed E-state index contributed by atoms with van der Waals surface area (Å²) in [4.78, 5) is 0.153. The Morgan fingerprint density at radius 1 is 0.806 bits per heavy atom. The zero-order chi connectivity index (χ0) is 22.1. The van der Waals surface area contributed by atoms with E-state index in [0.29, 0.717) is 10.6 Å². The van der Waals surface area contributed by atoms with Crippen LogP contribution in [0.3, 0.4) is 0 Å². The molecule has 0 saturated carbocycles. The highest BCUT2D eigenvalue weighted by Gasteiger charge is 2.36. The maximum atomic E-state index is 13.2. The quantitative estimate of drug-likeness (QED) is 0.554. The van der Waals surface area contributed by atoms with Gasteiger partial charge < -0.3 is 0 Å². The van der Waals surface area contributed by atoms with Crippen LogP contribution in [0, 0.1) is 0 Å². The largest absolute Gasteiger partial charge is 0.243 e. The summed E-state index contributed by atoms with van der Waals surface area (Å²) in [6.45, 7) is 0.0317. The van der Waals surface area contributed by atoms with Crippen LogP contribution in [-0.2, 0) is 19.9 Å². The highest BCUT2D eigenvalue weighted by atomic mass is 35.5. The second-order valence-corrected chi connectivity index (χ2v) is 12.1. The molecule has 3 aromatic rings. The van der Waals surface area contributed by atoms with Crippen LogP contribution in [0.2, 0.25) is 5.02 Å². The Kier molecular flexibility index (Phi) is 6.21. The molecule has 4 rings (SSSR count). The van der Waals surface area contributed by atoms with E-state index in [1.165, 1.54) is 4.31 Å². The molecule has 1 heterocycles. The Hall–Kier alpha value is -2.19. The number of halogens is 1. The van der Waals surface area contributed by atoms with Crippen LogP contribution in [0.15, 0.2) is 83.8 Å². The van der Waals surface area contributed by atoms with Crippen LogP contribution in [0.25, 0.3) is 11.1 Å². The molecule has 8 heteroatoms. The third kappa shape index (κ3) is 4.55. The molecule has 1 saturated heterocycles. The summed E-state index contributed by atoms with van der Waals surface area (Å²) in [6, 6.07) is 23.2. The number of nitrogens with zero attached hydrogens (tertiary/aromatic N) is 1. The molecular weight excluding hydrogens is 454 g/mol. The van der Waals surface area contributed by atoms with Crippen molar-refractivity contribution in [3.63, 3.8) is 0 Å². The van der Waals surface area contributed by atoms with Crippen molar-refractivity contribution in [3.8, 4) is 11.1 Å². The van der Waals surface area contributed by atoms with Gasteiger partial charge in [0.15, 0.2) is 9.84 Å². The molecule has 1 atom stereocenters. The lowest BCUT2D eigenvalue weighted by atomic mass is 10.1. The van der Waals surface area contributed by atoms with Crippen LogP contribution in [0.4, 0.5) is 0 Å². The average molecular weight is 476 g/mol. The summed E-state index contributed by atoms with van der Waals surface area (Å²) in [7, 11) is -7.36. The normalized spacial score (nSPS) is 19.6. The van der Waals surface area contributed by atoms with Crippen molar-refractivity contribution in [1.82, 2.24) is 4.31 Å². The first kappa shape index (κ1) is 22.0. The fourth-order valence-corrected chi connectivity index (χ4v) is 7.57. The molecule has 1 fully saturated rings. The fraction of sp³-hybridized carbons (Fsp3) is 0.217. The molecule has 0 aromatic heterocycles. The molecule has 0 N–H and O–H groups in total. The Labute approximate surface area is 188 Å². The minimum Gasteiger partial charge on any atom is -0.228 e. The van der Waals surface area contributed by atoms with Gasteiger partial charge in [-0.2, -0.15) is 4.31 Å². The van der Waals surface area contributed by atoms with Gasteiger partial charge in [-0.05, 0) is 41.3 Å². The van der Waals surface area contributed by atoms with E-state index < -0.39 is 25.1 Å². The first-order valence-corrected chi connectivity index (χ1v) is 13.4. The molecule has 162 valence electrons. The van der Waals surface area contributed by atoms with Gasteiger partial charge in [0.2, 0.25) is 10.0 Å². The molecule has 0 radical (unpaired) electrons. The average Bonchev–Trinajstić information content (AvgIpc) is 2.93. The van der Waals surface area contributed by atoms with Crippen molar-refractivity contribution in [2.24, 2.45) is 0 Å². The molecule has 0 amide bonds. The first-order chi connectivity index (χ1) is 14.8. The van der Waals surface area contributed by atoms with Crippen molar-refractivity contribution in [3.05, 3.63) is 89.4 Å². The smallest absolute Gasteiger partial charge is 0.228 e. The summed E-state index contributed by atoms with van der Waals surface area (Å²) in [5.41, 5.74) is 2.43. The first-order valence-electron chi connectivity index (χ1n) is 9.91. The summed E-state index contributed by atoms with van der Waals surface area (Å²) in [6.07, 6.45) is 0.160. The van der Waals surface area contributed by atoms with E-state index in [2.05, 4.69) is 0 Å². The van der Waals surface area contributed by atoms with E-state index in [0.717, 1.165) is 11.1 Å². The monoisotopic (exact) mass is 475 g/mol. The fourth-order valence-electron chi connectivity index (χ4n) is 3.85. The molecule has 0 bridgehead atoms. The lowest BCUT2D eigenvalue weighted by Gasteiger charge is -2.20. The predicted octanol–water partition coefficient (Wildman–Crippen LogP) is 4.56. The van der Waals surface area contributed by atoms with Gasteiger partial charge >= 0.3 is 0 Å². The molecule has 0 aliphatic carbocycles. The Bertz CT molecular complexity index is 1270. The van der Waals surface area contributed by atoms with Crippen LogP contribution < -0.4 is 0 Å². The number of hydrogen-bond acceptors (Lipinski definition) is 4. The predicted molar refractivity (Wildman–Crippen MR) is 123 cm³/mol. The van der Waals surface area contributed by atoms with Crippen LogP contribution in [0.1, 0.15) is 17.2 Å². The Morgan fingerprint density at radius 2 is 1.42 bits per heavy atom. The molecule has 5 nitrogen and oxygen atoms in total. The molecule has 1 aliphatic rings. The van der Waals surface area contributed by atoms with Crippen LogP contribution in [-0.4, -0.2) is 40.0 Å². The van der Waals surface area contributed by atoms with Gasteiger partial charge in [-0.25, -0.2) is 16.8 Å². The zero-order valence-corrected chi connectivity index (χ0v) is 19.1. The van der Waals surface area contributed by atoms with Gasteiger partial charge in [-0.15, -0.1) is 0 Å². The third-order valence-corrected chi connectivity index (χ3v) is 9.92. The van der Waals surface area contributed by atoms with Crippen molar-refractivity contribution < 1.29 is 16.8 Å². The van der Waals surface area contributed by atoms with Gasteiger partial charge in [-0.3, -0.25) is 0 Å².